The molecule has 1 aliphatic heterocycles. The van der Waals surface area contributed by atoms with Crippen LogP contribution in [0.2, 0.25) is 0 Å². The molecule has 0 saturated carbocycles. The van der Waals surface area contributed by atoms with E-state index in [1.54, 1.807) is 0 Å². The molecule has 33 heavy (non-hydrogen) atoms. The van der Waals surface area contributed by atoms with Gasteiger partial charge in [0.05, 0.1) is 19.8 Å². The Morgan fingerprint density at radius 1 is 0.788 bits per heavy atom. The Hall–Kier alpha value is -2.19. The topological polar surface area (TPSA) is 68.2 Å². The smallest absolute Gasteiger partial charge is 0.137 e. The summed E-state index contributed by atoms with van der Waals surface area (Å²) in [5.41, 5.74) is 2.74. The number of ether oxygens (including phenoxy) is 3. The zero-order chi connectivity index (χ0) is 23.0. The maximum absolute atomic E-state index is 11.0. The predicted molar refractivity (Wildman–Crippen MR) is 129 cm³/mol. The van der Waals surface area contributed by atoms with Gasteiger partial charge in [-0.2, -0.15) is 0 Å². The molecule has 4 rings (SSSR count). The molecule has 2 N–H and O–H groups in total. The van der Waals surface area contributed by atoms with Crippen LogP contribution in [0.4, 0.5) is 0 Å². The fourth-order valence-electron chi connectivity index (χ4n) is 3.79. The molecular weight excluding hydrogens is 436 g/mol. The van der Waals surface area contributed by atoms with Crippen molar-refractivity contribution in [1.82, 2.24) is 0 Å². The van der Waals surface area contributed by atoms with Crippen LogP contribution >= 0.6 is 11.8 Å². The molecule has 0 spiro atoms. The lowest BCUT2D eigenvalue weighted by Gasteiger charge is -2.43. The van der Waals surface area contributed by atoms with Gasteiger partial charge < -0.3 is 24.4 Å². The summed E-state index contributed by atoms with van der Waals surface area (Å²) in [5, 5.41) is 20.9. The van der Waals surface area contributed by atoms with E-state index in [1.807, 2.05) is 91.9 Å². The van der Waals surface area contributed by atoms with E-state index in [2.05, 4.69) is 0 Å². The summed E-state index contributed by atoms with van der Waals surface area (Å²) in [6.45, 7) is 2.43. The largest absolute Gasteiger partial charge is 0.394 e. The van der Waals surface area contributed by atoms with Crippen LogP contribution in [0.25, 0.3) is 0 Å². The van der Waals surface area contributed by atoms with E-state index in [0.29, 0.717) is 13.2 Å². The van der Waals surface area contributed by atoms with Gasteiger partial charge in [0.15, 0.2) is 0 Å². The zero-order valence-corrected chi connectivity index (χ0v) is 19.4. The van der Waals surface area contributed by atoms with Gasteiger partial charge in [0, 0.05) is 4.90 Å². The standard InChI is InChI=1S/C27H30O5S/c1-19-12-14-22(15-13-19)33-27-26(31-18-21-10-6-3-7-11-21)25(24(29)23(16-28)32-27)30-17-20-8-4-2-5-9-20/h2-15,23-29H,16-18H2,1H3/t23-,24+,25+,26-,27?/m1/s1. The van der Waals surface area contributed by atoms with E-state index in [4.69, 9.17) is 14.2 Å². The minimum atomic E-state index is -1.02. The molecule has 1 fully saturated rings. The molecule has 1 aliphatic rings. The van der Waals surface area contributed by atoms with E-state index in [1.165, 1.54) is 17.3 Å². The fourth-order valence-corrected chi connectivity index (χ4v) is 4.92. The van der Waals surface area contributed by atoms with Crippen molar-refractivity contribution < 1.29 is 24.4 Å². The summed E-state index contributed by atoms with van der Waals surface area (Å²) in [4.78, 5) is 1.02. The molecule has 0 aromatic heterocycles. The molecular formula is C27H30O5S. The van der Waals surface area contributed by atoms with Gasteiger partial charge in [-0.25, -0.2) is 0 Å². The minimum absolute atomic E-state index is 0.303. The summed E-state index contributed by atoms with van der Waals surface area (Å²) in [6, 6.07) is 27.9. The number of aliphatic hydroxyl groups excluding tert-OH is 2. The molecule has 3 aromatic carbocycles. The highest BCUT2D eigenvalue weighted by atomic mass is 32.2. The second-order valence-corrected chi connectivity index (χ2v) is 9.34. The molecule has 0 radical (unpaired) electrons. The van der Waals surface area contributed by atoms with Crippen molar-refractivity contribution in [3.05, 3.63) is 102 Å². The monoisotopic (exact) mass is 466 g/mol. The number of rotatable bonds is 9. The van der Waals surface area contributed by atoms with Crippen LogP contribution in [0.3, 0.4) is 0 Å². The van der Waals surface area contributed by atoms with Gasteiger partial charge >= 0.3 is 0 Å². The van der Waals surface area contributed by atoms with E-state index < -0.39 is 29.9 Å². The van der Waals surface area contributed by atoms with Crippen LogP contribution < -0.4 is 0 Å². The van der Waals surface area contributed by atoms with Gasteiger partial charge in [0.25, 0.3) is 0 Å². The van der Waals surface area contributed by atoms with Crippen molar-refractivity contribution in [2.45, 2.75) is 54.9 Å². The van der Waals surface area contributed by atoms with Gasteiger partial charge in [-0.1, -0.05) is 90.1 Å². The van der Waals surface area contributed by atoms with E-state index >= 15 is 0 Å². The first-order valence-corrected chi connectivity index (χ1v) is 12.0. The van der Waals surface area contributed by atoms with Gasteiger partial charge in [-0.15, -0.1) is 0 Å². The molecule has 1 saturated heterocycles. The maximum atomic E-state index is 11.0. The molecule has 0 aliphatic carbocycles. The lowest BCUT2D eigenvalue weighted by molar-refractivity contribution is -0.237. The molecule has 1 unspecified atom stereocenters. The molecule has 1 heterocycles. The number of hydrogen-bond donors (Lipinski definition) is 2. The van der Waals surface area contributed by atoms with E-state index in [-0.39, 0.29) is 6.61 Å². The molecule has 0 amide bonds. The lowest BCUT2D eigenvalue weighted by atomic mass is 9.99. The SMILES string of the molecule is Cc1ccc(SC2O[C@H](CO)[C@H](O)[C@H](OCc3ccccc3)[C@H]2OCc2ccccc2)cc1. The van der Waals surface area contributed by atoms with Crippen LogP contribution in [0, 0.1) is 6.92 Å². The number of benzene rings is 3. The number of aliphatic hydroxyl groups is 2. The first-order chi connectivity index (χ1) is 16.1. The van der Waals surface area contributed by atoms with Gasteiger partial charge in [0.1, 0.15) is 29.9 Å². The van der Waals surface area contributed by atoms with Crippen molar-refractivity contribution >= 4 is 11.8 Å². The zero-order valence-electron chi connectivity index (χ0n) is 18.6. The second kappa shape index (κ2) is 11.8. The van der Waals surface area contributed by atoms with Crippen molar-refractivity contribution in [3.63, 3.8) is 0 Å². The van der Waals surface area contributed by atoms with E-state index in [9.17, 15) is 10.2 Å². The van der Waals surface area contributed by atoms with Crippen LogP contribution in [-0.4, -0.2) is 46.7 Å². The van der Waals surface area contributed by atoms with Crippen molar-refractivity contribution in [2.75, 3.05) is 6.61 Å². The Morgan fingerprint density at radius 2 is 1.33 bits per heavy atom. The summed E-state index contributed by atoms with van der Waals surface area (Å²) < 4.78 is 18.7. The van der Waals surface area contributed by atoms with Crippen molar-refractivity contribution in [2.24, 2.45) is 0 Å². The van der Waals surface area contributed by atoms with Crippen LogP contribution in [0.1, 0.15) is 16.7 Å². The third-order valence-electron chi connectivity index (χ3n) is 5.64. The van der Waals surface area contributed by atoms with E-state index in [0.717, 1.165) is 16.0 Å². The lowest BCUT2D eigenvalue weighted by Crippen LogP contribution is -2.59. The maximum Gasteiger partial charge on any atom is 0.137 e. The molecule has 5 atom stereocenters. The van der Waals surface area contributed by atoms with Crippen LogP contribution in [0.5, 0.6) is 0 Å². The highest BCUT2D eigenvalue weighted by Crippen LogP contribution is 2.36. The summed E-state index contributed by atoms with van der Waals surface area (Å²) in [7, 11) is 0. The Kier molecular flexibility index (Phi) is 8.56. The Balaban J connectivity index is 1.57. The van der Waals surface area contributed by atoms with Crippen LogP contribution in [0.15, 0.2) is 89.8 Å². The third kappa shape index (κ3) is 6.44. The quantitative estimate of drug-likeness (QED) is 0.489. The van der Waals surface area contributed by atoms with Gasteiger partial charge in [-0.3, -0.25) is 0 Å². The third-order valence-corrected chi connectivity index (χ3v) is 6.80. The van der Waals surface area contributed by atoms with Gasteiger partial charge in [-0.05, 0) is 30.2 Å². The highest BCUT2D eigenvalue weighted by Gasteiger charge is 2.47. The Labute approximate surface area is 199 Å². The summed E-state index contributed by atoms with van der Waals surface area (Å²) >= 11 is 1.51. The number of hydrogen-bond acceptors (Lipinski definition) is 6. The van der Waals surface area contributed by atoms with Crippen molar-refractivity contribution in [3.8, 4) is 0 Å². The summed E-state index contributed by atoms with van der Waals surface area (Å²) in [5.74, 6) is 0. The summed E-state index contributed by atoms with van der Waals surface area (Å²) in [6.07, 6.45) is -2.99. The Morgan fingerprint density at radius 3 is 1.88 bits per heavy atom. The average Bonchev–Trinajstić information content (AvgIpc) is 2.85. The molecule has 3 aromatic rings. The van der Waals surface area contributed by atoms with Gasteiger partial charge in [0.2, 0.25) is 0 Å². The number of aryl methyl sites for hydroxylation is 1. The molecule has 174 valence electrons. The minimum Gasteiger partial charge on any atom is -0.394 e. The fraction of sp³-hybridized carbons (Fsp3) is 0.333. The first-order valence-electron chi connectivity index (χ1n) is 11.1. The molecule has 0 bridgehead atoms. The van der Waals surface area contributed by atoms with Crippen LogP contribution in [-0.2, 0) is 27.4 Å². The number of thioether (sulfide) groups is 1. The highest BCUT2D eigenvalue weighted by molar-refractivity contribution is 7.99. The normalized spacial score (nSPS) is 25.1. The molecule has 5 nitrogen and oxygen atoms in total. The molecule has 6 heteroatoms. The van der Waals surface area contributed by atoms with Crippen molar-refractivity contribution in [1.29, 1.82) is 0 Å². The average molecular weight is 467 g/mol. The predicted octanol–water partition coefficient (Wildman–Crippen LogP) is 4.34. The first kappa shape index (κ1) is 24.0. The second-order valence-electron chi connectivity index (χ2n) is 8.17. The Bertz CT molecular complexity index is 967.